The summed E-state index contributed by atoms with van der Waals surface area (Å²) >= 11 is 12.4. The number of ketones is 1. The van der Waals surface area contributed by atoms with E-state index in [9.17, 15) is 14.7 Å². The Balaban J connectivity index is 1.66. The first kappa shape index (κ1) is 26.7. The van der Waals surface area contributed by atoms with Crippen LogP contribution in [0.4, 0.5) is 0 Å². The van der Waals surface area contributed by atoms with E-state index in [2.05, 4.69) is 6.07 Å². The molecule has 0 bridgehead atoms. The second-order valence-electron chi connectivity index (χ2n) is 9.27. The fraction of sp³-hybridized carbons (Fsp3) is 0.241. The molecule has 1 fully saturated rings. The summed E-state index contributed by atoms with van der Waals surface area (Å²) in [4.78, 5) is 29.6. The highest BCUT2D eigenvalue weighted by Gasteiger charge is 2.46. The van der Waals surface area contributed by atoms with Crippen molar-refractivity contribution in [1.29, 1.82) is 0 Å². The first-order valence-electron chi connectivity index (χ1n) is 11.8. The Hall–Kier alpha value is -3.32. The molecule has 8 heteroatoms. The Morgan fingerprint density at radius 1 is 1.00 bits per heavy atom. The van der Waals surface area contributed by atoms with Gasteiger partial charge in [0.05, 0.1) is 21.7 Å². The molecular formula is C29H28Cl2N2O4. The summed E-state index contributed by atoms with van der Waals surface area (Å²) in [6.07, 6.45) is 0. The molecule has 1 heterocycles. The van der Waals surface area contributed by atoms with E-state index in [0.717, 1.165) is 11.1 Å². The van der Waals surface area contributed by atoms with Crippen molar-refractivity contribution in [2.75, 3.05) is 27.2 Å². The number of carbonyl (C=O) groups excluding carboxylic acids is 2. The number of rotatable bonds is 8. The topological polar surface area (TPSA) is 70.1 Å². The van der Waals surface area contributed by atoms with Gasteiger partial charge in [-0.1, -0.05) is 59.1 Å². The third-order valence-corrected chi connectivity index (χ3v) is 6.94. The SMILES string of the molecule is Cc1cccc(COc2ccc(C(O)=C3C(=O)C(=O)N(CCN(C)C)C3c3ccc(Cl)c(Cl)c3)cc2)c1. The van der Waals surface area contributed by atoms with Gasteiger partial charge in [0.2, 0.25) is 0 Å². The van der Waals surface area contributed by atoms with Gasteiger partial charge in [-0.15, -0.1) is 0 Å². The molecule has 1 aliphatic rings. The lowest BCUT2D eigenvalue weighted by atomic mass is 9.95. The van der Waals surface area contributed by atoms with Gasteiger partial charge in [0.25, 0.3) is 11.7 Å². The number of aliphatic hydroxyl groups excluding tert-OH is 1. The molecule has 0 radical (unpaired) electrons. The molecular weight excluding hydrogens is 511 g/mol. The molecule has 1 atom stereocenters. The van der Waals surface area contributed by atoms with Crippen LogP contribution in [-0.2, 0) is 16.2 Å². The Kier molecular flexibility index (Phi) is 8.22. The molecule has 6 nitrogen and oxygen atoms in total. The number of benzene rings is 3. The third-order valence-electron chi connectivity index (χ3n) is 6.20. The minimum Gasteiger partial charge on any atom is -0.507 e. The van der Waals surface area contributed by atoms with Gasteiger partial charge in [0.15, 0.2) is 0 Å². The van der Waals surface area contributed by atoms with E-state index < -0.39 is 17.7 Å². The number of Topliss-reactive ketones (excluding diaryl/α,β-unsaturated/α-hetero) is 1. The van der Waals surface area contributed by atoms with Crippen LogP contribution in [0, 0.1) is 6.92 Å². The van der Waals surface area contributed by atoms with E-state index in [1.54, 1.807) is 42.5 Å². The molecule has 1 saturated heterocycles. The molecule has 0 aliphatic carbocycles. The molecule has 1 amide bonds. The van der Waals surface area contributed by atoms with Crippen LogP contribution in [0.1, 0.15) is 28.3 Å². The summed E-state index contributed by atoms with van der Waals surface area (Å²) < 4.78 is 5.87. The van der Waals surface area contributed by atoms with Crippen molar-refractivity contribution < 1.29 is 19.4 Å². The van der Waals surface area contributed by atoms with Gasteiger partial charge in [-0.2, -0.15) is 0 Å². The Bertz CT molecular complexity index is 1350. The Labute approximate surface area is 226 Å². The number of aryl methyl sites for hydroxylation is 1. The van der Waals surface area contributed by atoms with Crippen LogP contribution < -0.4 is 4.74 Å². The number of likely N-dealkylation sites (N-methyl/N-ethyl adjacent to an activating group) is 1. The number of aliphatic hydroxyl groups is 1. The highest BCUT2D eigenvalue weighted by atomic mass is 35.5. The largest absolute Gasteiger partial charge is 0.507 e. The number of carbonyl (C=O) groups is 2. The van der Waals surface area contributed by atoms with E-state index in [4.69, 9.17) is 27.9 Å². The number of amides is 1. The maximum absolute atomic E-state index is 13.2. The van der Waals surface area contributed by atoms with Crippen molar-refractivity contribution in [2.24, 2.45) is 0 Å². The number of nitrogens with zero attached hydrogens (tertiary/aromatic N) is 2. The molecule has 4 rings (SSSR count). The van der Waals surface area contributed by atoms with Gasteiger partial charge in [0.1, 0.15) is 18.1 Å². The molecule has 1 aliphatic heterocycles. The van der Waals surface area contributed by atoms with Crippen LogP contribution >= 0.6 is 23.2 Å². The third kappa shape index (κ3) is 5.99. The minimum atomic E-state index is -0.799. The van der Waals surface area contributed by atoms with Crippen LogP contribution in [0.5, 0.6) is 5.75 Å². The minimum absolute atomic E-state index is 0.00979. The van der Waals surface area contributed by atoms with Crippen molar-refractivity contribution in [2.45, 2.75) is 19.6 Å². The van der Waals surface area contributed by atoms with Crippen LogP contribution in [-0.4, -0.2) is 53.8 Å². The maximum atomic E-state index is 13.2. The highest BCUT2D eigenvalue weighted by Crippen LogP contribution is 2.41. The average Bonchev–Trinajstić information content (AvgIpc) is 3.12. The van der Waals surface area contributed by atoms with E-state index in [-0.39, 0.29) is 11.3 Å². The average molecular weight is 539 g/mol. The van der Waals surface area contributed by atoms with Crippen LogP contribution in [0.25, 0.3) is 5.76 Å². The number of halogens is 2. The van der Waals surface area contributed by atoms with E-state index in [1.165, 1.54) is 4.90 Å². The first-order valence-corrected chi connectivity index (χ1v) is 12.6. The number of likely N-dealkylation sites (tertiary alicyclic amines) is 1. The zero-order valence-corrected chi connectivity index (χ0v) is 22.4. The second kappa shape index (κ2) is 11.4. The summed E-state index contributed by atoms with van der Waals surface area (Å²) in [5.74, 6) is -1.05. The fourth-order valence-corrected chi connectivity index (χ4v) is 4.59. The van der Waals surface area contributed by atoms with Gasteiger partial charge >= 0.3 is 0 Å². The van der Waals surface area contributed by atoms with Gasteiger partial charge in [-0.3, -0.25) is 9.59 Å². The van der Waals surface area contributed by atoms with Gasteiger partial charge in [-0.25, -0.2) is 0 Å². The molecule has 1 unspecified atom stereocenters. The summed E-state index contributed by atoms with van der Waals surface area (Å²) in [5, 5.41) is 11.9. The predicted octanol–water partition coefficient (Wildman–Crippen LogP) is 5.86. The zero-order valence-electron chi connectivity index (χ0n) is 20.9. The van der Waals surface area contributed by atoms with E-state index in [0.29, 0.717) is 46.6 Å². The highest BCUT2D eigenvalue weighted by molar-refractivity contribution is 6.46. The monoisotopic (exact) mass is 538 g/mol. The number of ether oxygens (including phenoxy) is 1. The summed E-state index contributed by atoms with van der Waals surface area (Å²) in [6, 6.07) is 19.0. The van der Waals surface area contributed by atoms with Crippen molar-refractivity contribution in [1.82, 2.24) is 9.80 Å². The summed E-state index contributed by atoms with van der Waals surface area (Å²) in [6.45, 7) is 3.26. The lowest BCUT2D eigenvalue weighted by Gasteiger charge is -2.26. The van der Waals surface area contributed by atoms with Crippen LogP contribution in [0.2, 0.25) is 10.0 Å². The smallest absolute Gasteiger partial charge is 0.295 e. The Morgan fingerprint density at radius 2 is 1.73 bits per heavy atom. The number of hydrogen-bond acceptors (Lipinski definition) is 5. The van der Waals surface area contributed by atoms with Gasteiger partial charge in [0, 0.05) is 18.7 Å². The molecule has 3 aromatic rings. The predicted molar refractivity (Wildman–Crippen MR) is 146 cm³/mol. The van der Waals surface area contributed by atoms with Crippen LogP contribution in [0.15, 0.2) is 72.3 Å². The molecule has 1 N–H and O–H groups in total. The quantitative estimate of drug-likeness (QED) is 0.221. The van der Waals surface area contributed by atoms with Crippen LogP contribution in [0.3, 0.4) is 0 Å². The fourth-order valence-electron chi connectivity index (χ4n) is 4.28. The second-order valence-corrected chi connectivity index (χ2v) is 10.1. The Morgan fingerprint density at radius 3 is 2.38 bits per heavy atom. The molecule has 3 aromatic carbocycles. The molecule has 0 saturated carbocycles. The van der Waals surface area contributed by atoms with Crippen molar-refractivity contribution in [3.63, 3.8) is 0 Å². The lowest BCUT2D eigenvalue weighted by molar-refractivity contribution is -0.140. The van der Waals surface area contributed by atoms with Crippen molar-refractivity contribution in [3.8, 4) is 5.75 Å². The van der Waals surface area contributed by atoms with Gasteiger partial charge < -0.3 is 19.6 Å². The van der Waals surface area contributed by atoms with Crippen molar-refractivity contribution in [3.05, 3.63) is 105 Å². The normalized spacial score (nSPS) is 17.0. The molecule has 0 aromatic heterocycles. The van der Waals surface area contributed by atoms with Gasteiger partial charge in [-0.05, 0) is 68.5 Å². The van der Waals surface area contributed by atoms with E-state index >= 15 is 0 Å². The molecule has 192 valence electrons. The maximum Gasteiger partial charge on any atom is 0.295 e. The van der Waals surface area contributed by atoms with Crippen molar-refractivity contribution >= 4 is 40.7 Å². The standard InChI is InChI=1S/C29H28Cl2N2O4/c1-18-5-4-6-19(15-18)17-37-22-10-7-20(8-11-22)27(34)25-26(21-9-12-23(30)24(31)16-21)33(14-13-32(2)3)29(36)28(25)35/h4-12,15-16,26,34H,13-14,17H2,1-3H3. The zero-order chi connectivity index (χ0) is 26.7. The first-order chi connectivity index (χ1) is 17.7. The van der Waals surface area contributed by atoms with E-state index in [1.807, 2.05) is 44.1 Å². The lowest BCUT2D eigenvalue weighted by Crippen LogP contribution is -2.35. The molecule has 0 spiro atoms. The molecule has 37 heavy (non-hydrogen) atoms. The summed E-state index contributed by atoms with van der Waals surface area (Å²) in [5.41, 5.74) is 3.20. The number of hydrogen-bond donors (Lipinski definition) is 1. The summed E-state index contributed by atoms with van der Waals surface area (Å²) in [7, 11) is 3.76.